The van der Waals surface area contributed by atoms with Gasteiger partial charge in [0.05, 0.1) is 11.2 Å². The zero-order valence-corrected chi connectivity index (χ0v) is 13.4. The van der Waals surface area contributed by atoms with Crippen LogP contribution in [0.1, 0.15) is 50.5 Å². The lowest BCUT2D eigenvalue weighted by Crippen LogP contribution is -2.41. The first-order valence-electron chi connectivity index (χ1n) is 7.53. The molecule has 21 heavy (non-hydrogen) atoms. The summed E-state index contributed by atoms with van der Waals surface area (Å²) in [5.41, 5.74) is 2.07. The molecule has 2 aliphatic heterocycles. The van der Waals surface area contributed by atoms with E-state index >= 15 is 0 Å². The number of amides is 1. The average molecular weight is 287 g/mol. The summed E-state index contributed by atoms with van der Waals surface area (Å²) >= 11 is 0. The van der Waals surface area contributed by atoms with E-state index in [1.54, 1.807) is 0 Å². The molecule has 2 heterocycles. The van der Waals surface area contributed by atoms with Crippen LogP contribution in [-0.2, 0) is 15.9 Å². The molecule has 1 aromatic carbocycles. The fourth-order valence-electron chi connectivity index (χ4n) is 2.86. The van der Waals surface area contributed by atoms with E-state index < -0.39 is 7.12 Å². The lowest BCUT2D eigenvalue weighted by Gasteiger charge is -2.32. The number of benzene rings is 1. The van der Waals surface area contributed by atoms with Gasteiger partial charge in [-0.2, -0.15) is 0 Å². The molecule has 0 bridgehead atoms. The Balaban J connectivity index is 1.99. The Morgan fingerprint density at radius 2 is 1.81 bits per heavy atom. The van der Waals surface area contributed by atoms with Gasteiger partial charge in [0.15, 0.2) is 0 Å². The Labute approximate surface area is 126 Å². The lowest BCUT2D eigenvalue weighted by atomic mass is 9.75. The maximum atomic E-state index is 12.3. The SMILES string of the molecule is CCN1Cc2c(B3OC(C)(C)C(C)(C)O3)cccc2C1=O. The maximum Gasteiger partial charge on any atom is 0.495 e. The predicted molar refractivity (Wildman–Crippen MR) is 82.6 cm³/mol. The zero-order chi connectivity index (χ0) is 15.4. The van der Waals surface area contributed by atoms with Crippen molar-refractivity contribution in [2.45, 2.75) is 52.4 Å². The Morgan fingerprint density at radius 3 is 2.38 bits per heavy atom. The van der Waals surface area contributed by atoms with Gasteiger partial charge in [-0.25, -0.2) is 0 Å². The summed E-state index contributed by atoms with van der Waals surface area (Å²) < 4.78 is 12.3. The molecule has 0 aromatic heterocycles. The largest absolute Gasteiger partial charge is 0.495 e. The van der Waals surface area contributed by atoms with E-state index in [2.05, 4.69) is 0 Å². The van der Waals surface area contributed by atoms with Crippen molar-refractivity contribution in [3.63, 3.8) is 0 Å². The van der Waals surface area contributed by atoms with Crippen LogP contribution in [0.5, 0.6) is 0 Å². The minimum atomic E-state index is -0.408. The molecule has 0 saturated carbocycles. The first-order valence-corrected chi connectivity index (χ1v) is 7.53. The van der Waals surface area contributed by atoms with Crippen molar-refractivity contribution in [2.75, 3.05) is 6.54 Å². The minimum absolute atomic E-state index is 0.103. The van der Waals surface area contributed by atoms with Crippen LogP contribution in [0.4, 0.5) is 0 Å². The van der Waals surface area contributed by atoms with E-state index in [4.69, 9.17) is 9.31 Å². The zero-order valence-electron chi connectivity index (χ0n) is 13.4. The minimum Gasteiger partial charge on any atom is -0.399 e. The van der Waals surface area contributed by atoms with Crippen LogP contribution in [-0.4, -0.2) is 35.7 Å². The van der Waals surface area contributed by atoms with Crippen molar-refractivity contribution in [1.29, 1.82) is 0 Å². The van der Waals surface area contributed by atoms with Crippen LogP contribution in [0, 0.1) is 0 Å². The first-order chi connectivity index (χ1) is 9.77. The molecule has 0 spiro atoms. The molecule has 0 atom stereocenters. The number of nitrogens with zero attached hydrogens (tertiary/aromatic N) is 1. The molecule has 0 aliphatic carbocycles. The number of carbonyl (C=O) groups is 1. The molecule has 5 heteroatoms. The van der Waals surface area contributed by atoms with Gasteiger partial charge in [-0.1, -0.05) is 12.1 Å². The highest BCUT2D eigenvalue weighted by Crippen LogP contribution is 2.37. The van der Waals surface area contributed by atoms with Crippen molar-refractivity contribution in [2.24, 2.45) is 0 Å². The van der Waals surface area contributed by atoms with Crippen LogP contribution in [0.3, 0.4) is 0 Å². The molecule has 1 saturated heterocycles. The molecule has 0 radical (unpaired) electrons. The Hall–Kier alpha value is -1.33. The van der Waals surface area contributed by atoms with Crippen molar-refractivity contribution in [1.82, 2.24) is 4.90 Å². The highest BCUT2D eigenvalue weighted by Gasteiger charge is 2.52. The Morgan fingerprint density at radius 1 is 1.19 bits per heavy atom. The van der Waals surface area contributed by atoms with Gasteiger partial charge in [0, 0.05) is 18.7 Å². The van der Waals surface area contributed by atoms with Crippen molar-refractivity contribution < 1.29 is 14.1 Å². The monoisotopic (exact) mass is 287 g/mol. The summed E-state index contributed by atoms with van der Waals surface area (Å²) in [5, 5.41) is 0. The fourth-order valence-corrected chi connectivity index (χ4v) is 2.86. The van der Waals surface area contributed by atoms with Gasteiger partial charge < -0.3 is 14.2 Å². The van der Waals surface area contributed by atoms with Gasteiger partial charge in [-0.3, -0.25) is 4.79 Å². The molecule has 1 aromatic rings. The van der Waals surface area contributed by atoms with Crippen LogP contribution in [0.15, 0.2) is 18.2 Å². The number of fused-ring (bicyclic) bond motifs is 1. The average Bonchev–Trinajstić information content (AvgIpc) is 2.84. The van der Waals surface area contributed by atoms with E-state index in [9.17, 15) is 4.79 Å². The van der Waals surface area contributed by atoms with Crippen LogP contribution in [0.25, 0.3) is 0 Å². The summed E-state index contributed by atoms with van der Waals surface area (Å²) in [6, 6.07) is 5.81. The number of carbonyl (C=O) groups excluding carboxylic acids is 1. The standard InChI is InChI=1S/C16H22BNO3/c1-6-18-10-12-11(14(18)19)8-7-9-13(12)17-20-15(2,3)16(4,5)21-17/h7-9H,6,10H2,1-5H3. The van der Waals surface area contributed by atoms with Crippen molar-refractivity contribution >= 4 is 18.5 Å². The van der Waals surface area contributed by atoms with E-state index in [-0.39, 0.29) is 17.1 Å². The molecule has 3 rings (SSSR count). The number of rotatable bonds is 2. The normalized spacial score (nSPS) is 22.8. The first kappa shape index (κ1) is 14.6. The highest BCUT2D eigenvalue weighted by atomic mass is 16.7. The van der Waals surface area contributed by atoms with E-state index in [1.807, 2.05) is 57.7 Å². The van der Waals surface area contributed by atoms with Crippen molar-refractivity contribution in [3.05, 3.63) is 29.3 Å². The van der Waals surface area contributed by atoms with Crippen molar-refractivity contribution in [3.8, 4) is 0 Å². The molecule has 112 valence electrons. The quantitative estimate of drug-likeness (QED) is 0.781. The topological polar surface area (TPSA) is 38.8 Å². The summed E-state index contributed by atoms with van der Waals surface area (Å²) in [5.74, 6) is 0.103. The van der Waals surface area contributed by atoms with Crippen LogP contribution >= 0.6 is 0 Å². The van der Waals surface area contributed by atoms with Crippen LogP contribution in [0.2, 0.25) is 0 Å². The predicted octanol–water partition coefficient (Wildman–Crippen LogP) is 1.96. The maximum absolute atomic E-state index is 12.3. The third-order valence-corrected chi connectivity index (χ3v) is 4.97. The molecule has 0 N–H and O–H groups in total. The summed E-state index contributed by atoms with van der Waals surface area (Å²) in [7, 11) is -0.408. The van der Waals surface area contributed by atoms with Gasteiger partial charge in [0.1, 0.15) is 0 Å². The van der Waals surface area contributed by atoms with Gasteiger partial charge in [-0.05, 0) is 51.7 Å². The summed E-state index contributed by atoms with van der Waals surface area (Å²) in [4.78, 5) is 14.1. The fraction of sp³-hybridized carbons (Fsp3) is 0.562. The number of hydrogen-bond acceptors (Lipinski definition) is 3. The third kappa shape index (κ3) is 2.10. The molecule has 2 aliphatic rings. The number of hydrogen-bond donors (Lipinski definition) is 0. The van der Waals surface area contributed by atoms with Gasteiger partial charge in [0.25, 0.3) is 5.91 Å². The highest BCUT2D eigenvalue weighted by molar-refractivity contribution is 6.62. The van der Waals surface area contributed by atoms with E-state index in [0.29, 0.717) is 6.54 Å². The Bertz CT molecular complexity index is 581. The van der Waals surface area contributed by atoms with E-state index in [0.717, 1.165) is 23.1 Å². The molecule has 1 amide bonds. The molecule has 0 unspecified atom stereocenters. The van der Waals surface area contributed by atoms with Gasteiger partial charge >= 0.3 is 7.12 Å². The smallest absolute Gasteiger partial charge is 0.399 e. The second-order valence-electron chi connectivity index (χ2n) is 6.78. The molecular weight excluding hydrogens is 265 g/mol. The van der Waals surface area contributed by atoms with Gasteiger partial charge in [0.2, 0.25) is 0 Å². The second-order valence-corrected chi connectivity index (χ2v) is 6.78. The third-order valence-electron chi connectivity index (χ3n) is 4.97. The molecule has 1 fully saturated rings. The molecule has 4 nitrogen and oxygen atoms in total. The van der Waals surface area contributed by atoms with Gasteiger partial charge in [-0.15, -0.1) is 0 Å². The van der Waals surface area contributed by atoms with E-state index in [1.165, 1.54) is 0 Å². The van der Waals surface area contributed by atoms with Crippen LogP contribution < -0.4 is 5.46 Å². The lowest BCUT2D eigenvalue weighted by molar-refractivity contribution is 0.00578. The summed E-state index contributed by atoms with van der Waals surface area (Å²) in [6.45, 7) is 11.5. The Kier molecular flexibility index (Phi) is 3.19. The summed E-state index contributed by atoms with van der Waals surface area (Å²) in [6.07, 6.45) is 0. The molecular formula is C16H22BNO3. The second kappa shape index (κ2) is 4.58.